The van der Waals surface area contributed by atoms with Gasteiger partial charge in [-0.1, -0.05) is 6.08 Å². The predicted molar refractivity (Wildman–Crippen MR) is 55.2 cm³/mol. The highest BCUT2D eigenvalue weighted by Gasteiger charge is 2.21. The first-order valence-electron chi connectivity index (χ1n) is 4.12. The van der Waals surface area contributed by atoms with Gasteiger partial charge < -0.3 is 10.0 Å². The molecular weight excluding hydrogens is 188 g/mol. The van der Waals surface area contributed by atoms with E-state index >= 15 is 0 Å². The summed E-state index contributed by atoms with van der Waals surface area (Å²) in [6, 6.07) is 0. The van der Waals surface area contributed by atoms with E-state index in [4.69, 9.17) is 0 Å². The fourth-order valence-electron chi connectivity index (χ4n) is 1.50. The largest absolute Gasteiger partial charge is 0.389 e. The molecule has 0 amide bonds. The third kappa shape index (κ3) is 1.92. The van der Waals surface area contributed by atoms with Gasteiger partial charge in [0.25, 0.3) is 0 Å². The SMILES string of the molecule is CC1=CC=CN2CC(O)CN=C12.Cl. The fraction of sp³-hybridized carbons (Fsp3) is 0.444. The Labute approximate surface area is 83.9 Å². The van der Waals surface area contributed by atoms with Gasteiger partial charge in [-0.3, -0.25) is 4.99 Å². The Bertz CT molecular complexity index is 283. The van der Waals surface area contributed by atoms with Gasteiger partial charge in [-0.25, -0.2) is 0 Å². The molecule has 0 spiro atoms. The molecule has 1 atom stereocenters. The molecule has 0 saturated carbocycles. The quantitative estimate of drug-likeness (QED) is 0.632. The van der Waals surface area contributed by atoms with Crippen LogP contribution >= 0.6 is 12.4 Å². The molecule has 1 N–H and O–H groups in total. The van der Waals surface area contributed by atoms with Gasteiger partial charge in [-0.15, -0.1) is 12.4 Å². The minimum Gasteiger partial charge on any atom is -0.389 e. The van der Waals surface area contributed by atoms with Crippen LogP contribution in [0.3, 0.4) is 0 Å². The molecule has 2 rings (SSSR count). The van der Waals surface area contributed by atoms with Crippen LogP contribution in [0.15, 0.2) is 28.9 Å². The molecule has 2 aliphatic heterocycles. The standard InChI is InChI=1S/C9H12N2O.ClH/c1-7-3-2-4-11-6-8(12)5-10-9(7)11;/h2-4,8,12H,5-6H2,1H3;1H. The first-order valence-corrected chi connectivity index (χ1v) is 4.12. The number of hydrogen-bond acceptors (Lipinski definition) is 3. The van der Waals surface area contributed by atoms with Crippen molar-refractivity contribution < 1.29 is 5.11 Å². The van der Waals surface area contributed by atoms with Crippen LogP contribution in [-0.2, 0) is 0 Å². The van der Waals surface area contributed by atoms with Gasteiger partial charge in [-0.05, 0) is 18.6 Å². The van der Waals surface area contributed by atoms with Crippen molar-refractivity contribution in [1.29, 1.82) is 0 Å². The number of nitrogens with zero attached hydrogens (tertiary/aromatic N) is 2. The van der Waals surface area contributed by atoms with Crippen molar-refractivity contribution in [2.75, 3.05) is 13.1 Å². The maximum Gasteiger partial charge on any atom is 0.130 e. The highest BCUT2D eigenvalue weighted by Crippen LogP contribution is 2.14. The maximum atomic E-state index is 9.33. The molecule has 0 aliphatic carbocycles. The van der Waals surface area contributed by atoms with Crippen LogP contribution in [0.1, 0.15) is 6.92 Å². The van der Waals surface area contributed by atoms with Crippen LogP contribution in [0.5, 0.6) is 0 Å². The second kappa shape index (κ2) is 3.94. The summed E-state index contributed by atoms with van der Waals surface area (Å²) in [4.78, 5) is 6.28. The van der Waals surface area contributed by atoms with Crippen LogP contribution < -0.4 is 0 Å². The van der Waals surface area contributed by atoms with Crippen molar-refractivity contribution >= 4 is 18.2 Å². The van der Waals surface area contributed by atoms with Gasteiger partial charge in [0.15, 0.2) is 0 Å². The highest BCUT2D eigenvalue weighted by molar-refractivity contribution is 6.00. The molecule has 1 unspecified atom stereocenters. The Balaban J connectivity index is 0.000000845. The van der Waals surface area contributed by atoms with E-state index in [0.29, 0.717) is 13.1 Å². The number of allylic oxidation sites excluding steroid dienone is 2. The first kappa shape index (κ1) is 10.3. The second-order valence-electron chi connectivity index (χ2n) is 3.16. The number of aliphatic hydroxyl groups excluding tert-OH is 1. The van der Waals surface area contributed by atoms with Crippen molar-refractivity contribution in [3.8, 4) is 0 Å². The van der Waals surface area contributed by atoms with Gasteiger partial charge in [0.1, 0.15) is 5.84 Å². The van der Waals surface area contributed by atoms with E-state index in [-0.39, 0.29) is 18.5 Å². The summed E-state index contributed by atoms with van der Waals surface area (Å²) >= 11 is 0. The van der Waals surface area contributed by atoms with E-state index < -0.39 is 0 Å². The summed E-state index contributed by atoms with van der Waals surface area (Å²) < 4.78 is 0. The zero-order chi connectivity index (χ0) is 8.55. The molecule has 3 nitrogen and oxygen atoms in total. The Morgan fingerprint density at radius 1 is 1.62 bits per heavy atom. The van der Waals surface area contributed by atoms with Crippen LogP contribution in [-0.4, -0.2) is 35.0 Å². The molecule has 0 aromatic rings. The van der Waals surface area contributed by atoms with Crippen LogP contribution in [0.2, 0.25) is 0 Å². The van der Waals surface area contributed by atoms with Gasteiger partial charge >= 0.3 is 0 Å². The van der Waals surface area contributed by atoms with E-state index in [0.717, 1.165) is 5.84 Å². The lowest BCUT2D eigenvalue weighted by molar-refractivity contribution is 0.154. The molecule has 0 radical (unpaired) electrons. The van der Waals surface area contributed by atoms with Crippen molar-refractivity contribution in [3.63, 3.8) is 0 Å². The lowest BCUT2D eigenvalue weighted by Gasteiger charge is -2.31. The number of fused-ring (bicyclic) bond motifs is 1. The Kier molecular flexibility index (Phi) is 3.12. The van der Waals surface area contributed by atoms with E-state index in [1.54, 1.807) is 0 Å². The monoisotopic (exact) mass is 200 g/mol. The number of rotatable bonds is 0. The molecule has 4 heteroatoms. The van der Waals surface area contributed by atoms with E-state index in [2.05, 4.69) is 4.99 Å². The topological polar surface area (TPSA) is 35.8 Å². The minimum absolute atomic E-state index is 0. The molecular formula is C9H13ClN2O. The molecule has 0 aromatic heterocycles. The van der Waals surface area contributed by atoms with Crippen molar-refractivity contribution in [2.45, 2.75) is 13.0 Å². The number of halogens is 1. The summed E-state index contributed by atoms with van der Waals surface area (Å²) in [7, 11) is 0. The Hall–Kier alpha value is -0.800. The molecule has 0 bridgehead atoms. The van der Waals surface area contributed by atoms with E-state index in [1.807, 2.05) is 30.2 Å². The third-order valence-electron chi connectivity index (χ3n) is 2.10. The van der Waals surface area contributed by atoms with Gasteiger partial charge in [0.2, 0.25) is 0 Å². The van der Waals surface area contributed by atoms with Crippen LogP contribution in [0.25, 0.3) is 0 Å². The molecule has 72 valence electrons. The number of amidine groups is 1. The van der Waals surface area contributed by atoms with Gasteiger partial charge in [0.05, 0.1) is 19.2 Å². The number of aliphatic imine (C=N–C) groups is 1. The number of hydrogen-bond donors (Lipinski definition) is 1. The third-order valence-corrected chi connectivity index (χ3v) is 2.10. The normalized spacial score (nSPS) is 25.7. The molecule has 0 fully saturated rings. The molecule has 2 heterocycles. The minimum atomic E-state index is -0.315. The lowest BCUT2D eigenvalue weighted by Crippen LogP contribution is -2.41. The van der Waals surface area contributed by atoms with Crippen LogP contribution in [0.4, 0.5) is 0 Å². The second-order valence-corrected chi connectivity index (χ2v) is 3.16. The van der Waals surface area contributed by atoms with Gasteiger partial charge in [-0.2, -0.15) is 0 Å². The van der Waals surface area contributed by atoms with Gasteiger partial charge in [0, 0.05) is 6.20 Å². The molecule has 0 saturated heterocycles. The highest BCUT2D eigenvalue weighted by atomic mass is 35.5. The zero-order valence-electron chi connectivity index (χ0n) is 7.47. The molecule has 2 aliphatic rings. The summed E-state index contributed by atoms with van der Waals surface area (Å²) in [5.74, 6) is 1.00. The van der Waals surface area contributed by atoms with Crippen molar-refractivity contribution in [1.82, 2.24) is 4.90 Å². The summed E-state index contributed by atoms with van der Waals surface area (Å²) in [6.45, 7) is 3.23. The van der Waals surface area contributed by atoms with Crippen molar-refractivity contribution in [2.24, 2.45) is 4.99 Å². The van der Waals surface area contributed by atoms with E-state index in [1.165, 1.54) is 5.57 Å². The predicted octanol–water partition coefficient (Wildman–Crippen LogP) is 0.957. The summed E-state index contributed by atoms with van der Waals surface area (Å²) in [6.07, 6.45) is 5.65. The van der Waals surface area contributed by atoms with Crippen molar-refractivity contribution in [3.05, 3.63) is 23.9 Å². The molecule has 0 aromatic carbocycles. The zero-order valence-corrected chi connectivity index (χ0v) is 8.29. The molecule has 13 heavy (non-hydrogen) atoms. The maximum absolute atomic E-state index is 9.33. The number of aliphatic hydroxyl groups is 1. The average molecular weight is 201 g/mol. The van der Waals surface area contributed by atoms with E-state index in [9.17, 15) is 5.11 Å². The average Bonchev–Trinajstić information content (AvgIpc) is 2.04. The summed E-state index contributed by atoms with van der Waals surface area (Å²) in [5.41, 5.74) is 1.17. The Morgan fingerprint density at radius 2 is 2.38 bits per heavy atom. The first-order chi connectivity index (χ1) is 5.77. The smallest absolute Gasteiger partial charge is 0.130 e. The summed E-state index contributed by atoms with van der Waals surface area (Å²) in [5, 5.41) is 9.33. The lowest BCUT2D eigenvalue weighted by atomic mass is 10.1. The Morgan fingerprint density at radius 3 is 3.15 bits per heavy atom. The van der Waals surface area contributed by atoms with Crippen LogP contribution in [0, 0.1) is 0 Å². The fourth-order valence-corrected chi connectivity index (χ4v) is 1.50.